The third-order valence-corrected chi connectivity index (χ3v) is 3.70. The average Bonchev–Trinajstić information content (AvgIpc) is 2.23. The number of nitriles is 1. The van der Waals surface area contributed by atoms with Crippen LogP contribution in [0.3, 0.4) is 0 Å². The number of hydrogen-bond acceptors (Lipinski definition) is 4. The molecule has 0 fully saturated rings. The number of hydrogen-bond donors (Lipinski definition) is 1. The van der Waals surface area contributed by atoms with Crippen LogP contribution in [0.5, 0.6) is 0 Å². The lowest BCUT2D eigenvalue weighted by Crippen LogP contribution is -2.46. The van der Waals surface area contributed by atoms with E-state index in [1.54, 1.807) is 7.11 Å². The molecule has 4 heteroatoms. The monoisotopic (exact) mass is 258 g/mol. The zero-order valence-corrected chi connectivity index (χ0v) is 12.6. The van der Waals surface area contributed by atoms with E-state index in [-0.39, 0.29) is 0 Å². The van der Waals surface area contributed by atoms with E-state index < -0.39 is 5.54 Å². The summed E-state index contributed by atoms with van der Waals surface area (Å²) in [6.07, 6.45) is 1.95. The summed E-state index contributed by atoms with van der Waals surface area (Å²) in [5, 5.41) is 13.1. The van der Waals surface area contributed by atoms with Gasteiger partial charge in [-0.1, -0.05) is 6.92 Å². The molecule has 0 amide bonds. The lowest BCUT2D eigenvalue weighted by Gasteiger charge is -2.28. The second-order valence-corrected chi connectivity index (χ2v) is 6.52. The molecule has 100 valence electrons. The normalized spacial score (nSPS) is 16.5. The molecule has 0 aliphatic rings. The summed E-state index contributed by atoms with van der Waals surface area (Å²) in [5.74, 6) is 1.10. The molecule has 0 aromatic heterocycles. The summed E-state index contributed by atoms with van der Waals surface area (Å²) in [7, 11) is 1.73. The zero-order chi connectivity index (χ0) is 13.3. The highest BCUT2D eigenvalue weighted by atomic mass is 32.2. The van der Waals surface area contributed by atoms with Crippen molar-refractivity contribution in [3.05, 3.63) is 0 Å². The van der Waals surface area contributed by atoms with Crippen molar-refractivity contribution in [1.29, 1.82) is 5.26 Å². The maximum Gasteiger partial charge on any atom is 0.105 e. The van der Waals surface area contributed by atoms with Crippen LogP contribution < -0.4 is 5.32 Å². The summed E-state index contributed by atoms with van der Waals surface area (Å²) in [5.41, 5.74) is -0.415. The van der Waals surface area contributed by atoms with Gasteiger partial charge in [0.05, 0.1) is 6.07 Å². The third-order valence-electron chi connectivity index (χ3n) is 2.44. The first kappa shape index (κ1) is 16.8. The molecule has 17 heavy (non-hydrogen) atoms. The first-order valence-corrected chi connectivity index (χ1v) is 7.28. The highest BCUT2D eigenvalue weighted by molar-refractivity contribution is 7.99. The van der Waals surface area contributed by atoms with Gasteiger partial charge in [-0.25, -0.2) is 0 Å². The van der Waals surface area contributed by atoms with E-state index in [4.69, 9.17) is 4.74 Å². The highest BCUT2D eigenvalue weighted by Crippen LogP contribution is 2.22. The van der Waals surface area contributed by atoms with Gasteiger partial charge in [0.2, 0.25) is 0 Å². The van der Waals surface area contributed by atoms with Crippen molar-refractivity contribution >= 4 is 11.8 Å². The Balaban J connectivity index is 3.98. The van der Waals surface area contributed by atoms with E-state index in [0.717, 1.165) is 25.2 Å². The Hall–Kier alpha value is -0.240. The van der Waals surface area contributed by atoms with E-state index in [2.05, 4.69) is 32.2 Å². The van der Waals surface area contributed by atoms with Gasteiger partial charge in [0.15, 0.2) is 0 Å². The quantitative estimate of drug-likeness (QED) is 0.646. The molecule has 0 heterocycles. The molecule has 0 aliphatic carbocycles. The van der Waals surface area contributed by atoms with Crippen LogP contribution in [-0.2, 0) is 4.74 Å². The van der Waals surface area contributed by atoms with Crippen molar-refractivity contribution < 1.29 is 4.74 Å². The molecule has 0 spiro atoms. The van der Waals surface area contributed by atoms with Gasteiger partial charge in [-0.3, -0.25) is 5.32 Å². The SMILES string of the molecule is COCCCSC(C)CC(C)(C#N)NC(C)C. The highest BCUT2D eigenvalue weighted by Gasteiger charge is 2.26. The number of methoxy groups -OCH3 is 1. The van der Waals surface area contributed by atoms with Crippen LogP contribution in [0.15, 0.2) is 0 Å². The molecule has 0 aromatic carbocycles. The molecular weight excluding hydrogens is 232 g/mol. The van der Waals surface area contributed by atoms with Crippen LogP contribution in [0.2, 0.25) is 0 Å². The van der Waals surface area contributed by atoms with Gasteiger partial charge in [0.1, 0.15) is 5.54 Å². The van der Waals surface area contributed by atoms with Crippen LogP contribution in [-0.4, -0.2) is 36.3 Å². The summed E-state index contributed by atoms with van der Waals surface area (Å²) in [4.78, 5) is 0. The summed E-state index contributed by atoms with van der Waals surface area (Å²) < 4.78 is 5.02. The molecule has 0 saturated heterocycles. The third kappa shape index (κ3) is 8.48. The Morgan fingerprint density at radius 2 is 2.06 bits per heavy atom. The molecule has 0 aliphatic heterocycles. The van der Waals surface area contributed by atoms with Crippen LogP contribution in [0, 0.1) is 11.3 Å². The van der Waals surface area contributed by atoms with E-state index >= 15 is 0 Å². The summed E-state index contributed by atoms with van der Waals surface area (Å²) >= 11 is 1.91. The van der Waals surface area contributed by atoms with Gasteiger partial charge in [-0.15, -0.1) is 0 Å². The van der Waals surface area contributed by atoms with Gasteiger partial charge in [-0.05, 0) is 39.4 Å². The second-order valence-electron chi connectivity index (χ2n) is 4.97. The van der Waals surface area contributed by atoms with Crippen molar-refractivity contribution in [1.82, 2.24) is 5.32 Å². The molecule has 2 unspecified atom stereocenters. The van der Waals surface area contributed by atoms with Gasteiger partial charge in [0.25, 0.3) is 0 Å². The minimum Gasteiger partial charge on any atom is -0.385 e. The first-order chi connectivity index (χ1) is 7.93. The van der Waals surface area contributed by atoms with Crippen molar-refractivity contribution in [3.8, 4) is 6.07 Å². The number of nitrogens with one attached hydrogen (secondary N) is 1. The smallest absolute Gasteiger partial charge is 0.105 e. The van der Waals surface area contributed by atoms with Gasteiger partial charge >= 0.3 is 0 Å². The van der Waals surface area contributed by atoms with E-state index in [9.17, 15) is 5.26 Å². The van der Waals surface area contributed by atoms with Crippen LogP contribution in [0.1, 0.15) is 40.5 Å². The zero-order valence-electron chi connectivity index (χ0n) is 11.7. The van der Waals surface area contributed by atoms with Gasteiger partial charge in [-0.2, -0.15) is 17.0 Å². The summed E-state index contributed by atoms with van der Waals surface area (Å²) in [6.45, 7) is 9.14. The van der Waals surface area contributed by atoms with Gasteiger partial charge in [0, 0.05) is 25.0 Å². The van der Waals surface area contributed by atoms with Crippen molar-refractivity contribution in [2.45, 2.75) is 57.4 Å². The molecule has 0 bridgehead atoms. The predicted molar refractivity (Wildman–Crippen MR) is 75.3 cm³/mol. The Kier molecular flexibility index (Phi) is 8.67. The number of ether oxygens (including phenoxy) is 1. The summed E-state index contributed by atoms with van der Waals surface area (Å²) in [6, 6.07) is 2.73. The molecular formula is C13H26N2OS. The molecule has 2 atom stereocenters. The van der Waals surface area contributed by atoms with Crippen molar-refractivity contribution in [3.63, 3.8) is 0 Å². The number of nitrogens with zero attached hydrogens (tertiary/aromatic N) is 1. The average molecular weight is 258 g/mol. The molecule has 0 aromatic rings. The fraction of sp³-hybridized carbons (Fsp3) is 0.923. The van der Waals surface area contributed by atoms with Crippen LogP contribution >= 0.6 is 11.8 Å². The first-order valence-electron chi connectivity index (χ1n) is 6.23. The molecule has 1 N–H and O–H groups in total. The Morgan fingerprint density at radius 1 is 1.41 bits per heavy atom. The maximum atomic E-state index is 9.25. The number of thioether (sulfide) groups is 1. The lowest BCUT2D eigenvalue weighted by molar-refractivity contribution is 0.200. The fourth-order valence-corrected chi connectivity index (χ4v) is 3.03. The second kappa shape index (κ2) is 8.79. The van der Waals surface area contributed by atoms with Crippen LogP contribution in [0.4, 0.5) is 0 Å². The molecule has 0 radical (unpaired) electrons. The molecule has 3 nitrogen and oxygen atoms in total. The number of rotatable bonds is 9. The Bertz CT molecular complexity index is 240. The van der Waals surface area contributed by atoms with Gasteiger partial charge < -0.3 is 4.74 Å². The standard InChI is InChI=1S/C13H26N2OS/c1-11(2)15-13(4,10-14)9-12(3)17-8-6-7-16-5/h11-12,15H,6-9H2,1-5H3. The Labute approximate surface area is 110 Å². The fourth-order valence-electron chi connectivity index (χ4n) is 1.90. The predicted octanol–water partition coefficient (Wildman–Crippen LogP) is 2.81. The van der Waals surface area contributed by atoms with E-state index in [0.29, 0.717) is 11.3 Å². The van der Waals surface area contributed by atoms with E-state index in [1.807, 2.05) is 18.7 Å². The Morgan fingerprint density at radius 3 is 2.53 bits per heavy atom. The van der Waals surface area contributed by atoms with E-state index in [1.165, 1.54) is 0 Å². The van der Waals surface area contributed by atoms with Crippen molar-refractivity contribution in [2.75, 3.05) is 19.5 Å². The largest absolute Gasteiger partial charge is 0.385 e. The topological polar surface area (TPSA) is 45.0 Å². The molecule has 0 saturated carbocycles. The minimum absolute atomic E-state index is 0.338. The molecule has 0 rings (SSSR count). The lowest BCUT2D eigenvalue weighted by atomic mass is 9.97. The minimum atomic E-state index is -0.415. The maximum absolute atomic E-state index is 9.25. The van der Waals surface area contributed by atoms with Crippen LogP contribution in [0.25, 0.3) is 0 Å². The van der Waals surface area contributed by atoms with Crippen molar-refractivity contribution in [2.24, 2.45) is 0 Å².